The third-order valence-corrected chi connectivity index (χ3v) is 5.03. The first-order valence-electron chi connectivity index (χ1n) is 8.00. The summed E-state index contributed by atoms with van der Waals surface area (Å²) in [4.78, 5) is 27.0. The summed E-state index contributed by atoms with van der Waals surface area (Å²) in [6.07, 6.45) is -3.95. The van der Waals surface area contributed by atoms with E-state index >= 15 is 0 Å². The summed E-state index contributed by atoms with van der Waals surface area (Å²) in [7, 11) is 0. The molecule has 132 valence electrons. The zero-order chi connectivity index (χ0) is 17.8. The van der Waals surface area contributed by atoms with Crippen LogP contribution in [0.2, 0.25) is 0 Å². The minimum absolute atomic E-state index is 0.317. The van der Waals surface area contributed by atoms with Crippen molar-refractivity contribution in [2.24, 2.45) is 11.8 Å². The molecule has 2 bridgehead atoms. The van der Waals surface area contributed by atoms with Crippen LogP contribution in [0.1, 0.15) is 12.8 Å². The van der Waals surface area contributed by atoms with Gasteiger partial charge in [-0.2, -0.15) is 13.2 Å². The third kappa shape index (κ3) is 2.60. The van der Waals surface area contributed by atoms with Crippen molar-refractivity contribution in [2.45, 2.75) is 31.2 Å². The summed E-state index contributed by atoms with van der Waals surface area (Å²) in [5.41, 5.74) is -0.0117. The molecule has 0 radical (unpaired) electrons. The van der Waals surface area contributed by atoms with Gasteiger partial charge < -0.3 is 15.0 Å². The maximum atomic E-state index is 13.4. The lowest BCUT2D eigenvalue weighted by molar-refractivity contribution is -0.196. The highest BCUT2D eigenvalue weighted by atomic mass is 19.4. The van der Waals surface area contributed by atoms with E-state index in [2.05, 4.69) is 10.3 Å². The predicted octanol–water partition coefficient (Wildman–Crippen LogP) is 2.82. The molecule has 2 aliphatic rings. The number of carbonyl (C=O) groups is 1. The smallest absolute Gasteiger partial charge is 0.373 e. The molecule has 25 heavy (non-hydrogen) atoms. The van der Waals surface area contributed by atoms with Crippen molar-refractivity contribution in [3.63, 3.8) is 0 Å². The van der Waals surface area contributed by atoms with Gasteiger partial charge in [0.05, 0.1) is 24.0 Å². The number of rotatable bonds is 2. The van der Waals surface area contributed by atoms with Crippen molar-refractivity contribution < 1.29 is 22.7 Å². The van der Waals surface area contributed by atoms with Crippen LogP contribution in [-0.4, -0.2) is 29.3 Å². The molecular formula is C17H15F3N2O3. The van der Waals surface area contributed by atoms with Crippen LogP contribution in [0.3, 0.4) is 0 Å². The molecule has 8 heteroatoms. The van der Waals surface area contributed by atoms with Gasteiger partial charge in [0.15, 0.2) is 0 Å². The van der Waals surface area contributed by atoms with Crippen molar-refractivity contribution in [3.05, 3.63) is 40.8 Å². The summed E-state index contributed by atoms with van der Waals surface area (Å²) in [5, 5.41) is 3.41. The number of aromatic amines is 1. The third-order valence-electron chi connectivity index (χ3n) is 5.03. The normalized spacial score (nSPS) is 28.4. The molecule has 0 saturated carbocycles. The zero-order valence-electron chi connectivity index (χ0n) is 13.0. The quantitative estimate of drug-likeness (QED) is 0.873. The number of H-pyrrole nitrogens is 1. The first-order valence-corrected chi connectivity index (χ1v) is 8.00. The molecule has 1 aromatic heterocycles. The molecule has 2 aromatic rings. The van der Waals surface area contributed by atoms with E-state index in [0.717, 1.165) is 0 Å². The topological polar surface area (TPSA) is 71.2 Å². The number of hydrogen-bond donors (Lipinski definition) is 2. The predicted molar refractivity (Wildman–Crippen MR) is 84.1 cm³/mol. The van der Waals surface area contributed by atoms with Crippen LogP contribution in [-0.2, 0) is 9.53 Å². The molecule has 3 heterocycles. The number of fused-ring (bicyclic) bond motifs is 3. The summed E-state index contributed by atoms with van der Waals surface area (Å²) >= 11 is 0. The minimum atomic E-state index is -4.49. The van der Waals surface area contributed by atoms with Crippen LogP contribution in [0.25, 0.3) is 10.8 Å². The summed E-state index contributed by atoms with van der Waals surface area (Å²) < 4.78 is 45.5. The summed E-state index contributed by atoms with van der Waals surface area (Å²) in [5.74, 6) is -3.78. The Morgan fingerprint density at radius 3 is 2.68 bits per heavy atom. The van der Waals surface area contributed by atoms with E-state index in [1.807, 2.05) is 0 Å². The number of alkyl halides is 3. The van der Waals surface area contributed by atoms with E-state index in [0.29, 0.717) is 29.3 Å². The second-order valence-corrected chi connectivity index (χ2v) is 6.45. The standard InChI is InChI=1S/C17H15F3N2O3/c18-17(19,20)14-12-5-4-11(25-12)13(14)16(24)22-10-3-1-2-9-8(10)6-7-21-15(9)23/h1-3,6-7,11-14H,4-5H2,(H,21,23)(H,22,24). The van der Waals surface area contributed by atoms with E-state index in [-0.39, 0.29) is 5.56 Å². The lowest BCUT2D eigenvalue weighted by Gasteiger charge is -2.28. The zero-order valence-corrected chi connectivity index (χ0v) is 13.0. The Morgan fingerprint density at radius 2 is 1.92 bits per heavy atom. The van der Waals surface area contributed by atoms with Gasteiger partial charge in [-0.25, -0.2) is 0 Å². The highest BCUT2D eigenvalue weighted by Gasteiger charge is 2.62. The van der Waals surface area contributed by atoms with Crippen LogP contribution in [0.15, 0.2) is 35.3 Å². The highest BCUT2D eigenvalue weighted by molar-refractivity contribution is 6.02. The Kier molecular flexibility index (Phi) is 3.61. The number of hydrogen-bond acceptors (Lipinski definition) is 3. The molecule has 1 aromatic carbocycles. The molecule has 4 unspecified atom stereocenters. The Morgan fingerprint density at radius 1 is 1.16 bits per heavy atom. The summed E-state index contributed by atoms with van der Waals surface area (Å²) in [6.45, 7) is 0. The molecule has 2 N–H and O–H groups in total. The first-order chi connectivity index (χ1) is 11.9. The Bertz CT molecular complexity index is 893. The van der Waals surface area contributed by atoms with Gasteiger partial charge in [-0.1, -0.05) is 6.07 Å². The summed E-state index contributed by atoms with van der Waals surface area (Å²) in [6, 6.07) is 6.33. The number of pyridine rings is 1. The number of halogens is 3. The number of ether oxygens (including phenoxy) is 1. The second kappa shape index (κ2) is 5.59. The van der Waals surface area contributed by atoms with Crippen molar-refractivity contribution in [1.29, 1.82) is 0 Å². The molecule has 2 aliphatic heterocycles. The molecule has 2 saturated heterocycles. The number of carbonyl (C=O) groups excluding carboxylic acids is 1. The van der Waals surface area contributed by atoms with Crippen LogP contribution >= 0.6 is 0 Å². The van der Waals surface area contributed by atoms with Crippen molar-refractivity contribution >= 4 is 22.4 Å². The van der Waals surface area contributed by atoms with E-state index in [4.69, 9.17) is 4.74 Å². The van der Waals surface area contributed by atoms with E-state index in [1.54, 1.807) is 24.3 Å². The molecule has 0 aliphatic carbocycles. The number of aromatic nitrogens is 1. The van der Waals surface area contributed by atoms with Crippen LogP contribution in [0, 0.1) is 11.8 Å². The van der Waals surface area contributed by atoms with Gasteiger partial charge in [0.1, 0.15) is 0 Å². The van der Waals surface area contributed by atoms with Crippen molar-refractivity contribution in [1.82, 2.24) is 4.98 Å². The van der Waals surface area contributed by atoms with Crippen LogP contribution < -0.4 is 10.9 Å². The average Bonchev–Trinajstić information content (AvgIpc) is 3.16. The highest BCUT2D eigenvalue weighted by Crippen LogP contribution is 2.50. The fourth-order valence-electron chi connectivity index (χ4n) is 3.97. The SMILES string of the molecule is O=C(Nc1cccc2c(=O)[nH]ccc12)C1C2CCC(O2)C1C(F)(F)F. The molecule has 4 rings (SSSR count). The fraction of sp³-hybridized carbons (Fsp3) is 0.412. The molecule has 0 spiro atoms. The van der Waals surface area contributed by atoms with Gasteiger partial charge in [-0.05, 0) is 31.0 Å². The second-order valence-electron chi connectivity index (χ2n) is 6.45. The van der Waals surface area contributed by atoms with Gasteiger partial charge in [-0.3, -0.25) is 9.59 Å². The maximum Gasteiger partial charge on any atom is 0.395 e. The fourth-order valence-corrected chi connectivity index (χ4v) is 3.97. The van der Waals surface area contributed by atoms with E-state index < -0.39 is 36.1 Å². The lowest BCUT2D eigenvalue weighted by atomic mass is 9.78. The maximum absolute atomic E-state index is 13.4. The van der Waals surface area contributed by atoms with Gasteiger partial charge in [-0.15, -0.1) is 0 Å². The molecular weight excluding hydrogens is 337 g/mol. The van der Waals surface area contributed by atoms with Crippen molar-refractivity contribution in [2.75, 3.05) is 5.32 Å². The molecule has 4 atom stereocenters. The largest absolute Gasteiger partial charge is 0.395 e. The van der Waals surface area contributed by atoms with Crippen LogP contribution in [0.4, 0.5) is 18.9 Å². The van der Waals surface area contributed by atoms with Gasteiger partial charge in [0.2, 0.25) is 5.91 Å². The van der Waals surface area contributed by atoms with Gasteiger partial charge in [0, 0.05) is 22.7 Å². The number of nitrogens with one attached hydrogen (secondary N) is 2. The number of amides is 1. The average molecular weight is 352 g/mol. The number of anilines is 1. The van der Waals surface area contributed by atoms with E-state index in [1.165, 1.54) is 6.20 Å². The Hall–Kier alpha value is -2.35. The lowest BCUT2D eigenvalue weighted by Crippen LogP contribution is -2.44. The monoisotopic (exact) mass is 352 g/mol. The van der Waals surface area contributed by atoms with Crippen LogP contribution in [0.5, 0.6) is 0 Å². The molecule has 2 fully saturated rings. The van der Waals surface area contributed by atoms with Crippen molar-refractivity contribution in [3.8, 4) is 0 Å². The Balaban J connectivity index is 1.67. The Labute approximate surface area is 140 Å². The van der Waals surface area contributed by atoms with E-state index in [9.17, 15) is 22.8 Å². The van der Waals surface area contributed by atoms with Gasteiger partial charge in [0.25, 0.3) is 5.56 Å². The molecule has 5 nitrogen and oxygen atoms in total. The number of benzene rings is 1. The van der Waals surface area contributed by atoms with Gasteiger partial charge >= 0.3 is 6.18 Å². The molecule has 1 amide bonds. The minimum Gasteiger partial charge on any atom is -0.373 e. The first kappa shape index (κ1) is 16.1.